The van der Waals surface area contributed by atoms with Crippen molar-refractivity contribution in [1.82, 2.24) is 5.32 Å². The molecule has 0 aromatic heterocycles. The van der Waals surface area contributed by atoms with Crippen LogP contribution in [0.1, 0.15) is 28.3 Å². The van der Waals surface area contributed by atoms with Gasteiger partial charge in [-0.2, -0.15) is 0 Å². The first kappa shape index (κ1) is 15.1. The zero-order chi connectivity index (χ0) is 14.5. The lowest BCUT2D eigenvalue weighted by Gasteiger charge is -2.21. The van der Waals surface area contributed by atoms with Crippen molar-refractivity contribution in [2.75, 3.05) is 0 Å². The van der Waals surface area contributed by atoms with Crippen molar-refractivity contribution in [3.63, 3.8) is 0 Å². The van der Waals surface area contributed by atoms with Gasteiger partial charge >= 0.3 is 0 Å². The van der Waals surface area contributed by atoms with E-state index in [1.54, 1.807) is 0 Å². The van der Waals surface area contributed by atoms with Crippen LogP contribution in [0.5, 0.6) is 0 Å². The van der Waals surface area contributed by atoms with Gasteiger partial charge in [-0.15, -0.1) is 12.6 Å². The molecule has 3 heteroatoms. The number of thiol groups is 1. The molecule has 2 aromatic rings. The SMILES string of the molecule is Cc1ccc(C(Cc2ccccc2)NC(=S)S)c(C)c1. The fraction of sp³-hybridized carbons (Fsp3) is 0.235. The second kappa shape index (κ2) is 6.91. The van der Waals surface area contributed by atoms with Crippen molar-refractivity contribution in [1.29, 1.82) is 0 Å². The summed E-state index contributed by atoms with van der Waals surface area (Å²) in [5, 5.41) is 3.30. The summed E-state index contributed by atoms with van der Waals surface area (Å²) in [7, 11) is 0. The zero-order valence-corrected chi connectivity index (χ0v) is 13.5. The van der Waals surface area contributed by atoms with Gasteiger partial charge in [0.1, 0.15) is 4.32 Å². The summed E-state index contributed by atoms with van der Waals surface area (Å²) >= 11 is 9.34. The number of hydrogen-bond donors (Lipinski definition) is 2. The standard InChI is InChI=1S/C17H19NS2/c1-12-8-9-15(13(2)10-12)16(18-17(19)20)11-14-6-4-3-5-7-14/h3-10,16H,11H2,1-2H3,(H2,18,19,20). The minimum absolute atomic E-state index is 0.156. The van der Waals surface area contributed by atoms with Gasteiger partial charge in [0, 0.05) is 0 Å². The van der Waals surface area contributed by atoms with Crippen LogP contribution in [0, 0.1) is 13.8 Å². The molecule has 0 aliphatic heterocycles. The van der Waals surface area contributed by atoms with Crippen molar-refractivity contribution < 1.29 is 0 Å². The van der Waals surface area contributed by atoms with Crippen LogP contribution < -0.4 is 5.32 Å². The molecule has 0 aliphatic carbocycles. The number of rotatable bonds is 4. The van der Waals surface area contributed by atoms with E-state index in [0.717, 1.165) is 6.42 Å². The number of hydrogen-bond acceptors (Lipinski definition) is 1. The molecule has 0 aliphatic rings. The summed E-state index contributed by atoms with van der Waals surface area (Å²) < 4.78 is 0.533. The first-order chi connectivity index (χ1) is 9.56. The third-order valence-electron chi connectivity index (χ3n) is 3.38. The molecule has 0 saturated heterocycles. The topological polar surface area (TPSA) is 12.0 Å². The lowest BCUT2D eigenvalue weighted by Crippen LogP contribution is -2.26. The monoisotopic (exact) mass is 301 g/mol. The van der Waals surface area contributed by atoms with Crippen LogP contribution in [0.2, 0.25) is 0 Å². The second-order valence-electron chi connectivity index (χ2n) is 5.05. The molecular formula is C17H19NS2. The van der Waals surface area contributed by atoms with Crippen LogP contribution in [0.4, 0.5) is 0 Å². The van der Waals surface area contributed by atoms with E-state index in [0.29, 0.717) is 4.32 Å². The van der Waals surface area contributed by atoms with Gasteiger partial charge in [0.25, 0.3) is 0 Å². The van der Waals surface area contributed by atoms with Gasteiger partial charge in [-0.1, -0.05) is 66.3 Å². The molecule has 2 aromatic carbocycles. The second-order valence-corrected chi connectivity index (χ2v) is 6.21. The lowest BCUT2D eigenvalue weighted by atomic mass is 9.94. The molecule has 0 bridgehead atoms. The highest BCUT2D eigenvalue weighted by Crippen LogP contribution is 2.23. The molecule has 0 fully saturated rings. The van der Waals surface area contributed by atoms with Gasteiger partial charge in [0.2, 0.25) is 0 Å². The number of aryl methyl sites for hydroxylation is 2. The maximum atomic E-state index is 5.11. The average molecular weight is 301 g/mol. The summed E-state index contributed by atoms with van der Waals surface area (Å²) in [5.74, 6) is 0. The average Bonchev–Trinajstić information content (AvgIpc) is 2.38. The Morgan fingerprint density at radius 3 is 2.45 bits per heavy atom. The highest BCUT2D eigenvalue weighted by molar-refractivity contribution is 8.11. The molecule has 1 unspecified atom stereocenters. The van der Waals surface area contributed by atoms with Crippen LogP contribution >= 0.6 is 24.8 Å². The van der Waals surface area contributed by atoms with Gasteiger partial charge in [0.05, 0.1) is 6.04 Å². The van der Waals surface area contributed by atoms with Crippen molar-refractivity contribution in [2.45, 2.75) is 26.3 Å². The predicted octanol–water partition coefficient (Wildman–Crippen LogP) is 4.39. The molecule has 0 radical (unpaired) electrons. The van der Waals surface area contributed by atoms with Crippen LogP contribution in [-0.2, 0) is 6.42 Å². The third kappa shape index (κ3) is 4.09. The first-order valence-electron chi connectivity index (χ1n) is 6.67. The summed E-state index contributed by atoms with van der Waals surface area (Å²) in [4.78, 5) is 0. The van der Waals surface area contributed by atoms with E-state index in [9.17, 15) is 0 Å². The summed E-state index contributed by atoms with van der Waals surface area (Å²) in [6.07, 6.45) is 0.894. The highest BCUT2D eigenvalue weighted by Gasteiger charge is 2.14. The molecule has 0 saturated carbocycles. The van der Waals surface area contributed by atoms with Crippen LogP contribution in [-0.4, -0.2) is 4.32 Å². The largest absolute Gasteiger partial charge is 0.364 e. The van der Waals surface area contributed by atoms with Gasteiger partial charge in [-0.3, -0.25) is 0 Å². The predicted molar refractivity (Wildman–Crippen MR) is 93.5 cm³/mol. The minimum Gasteiger partial charge on any atom is -0.364 e. The fourth-order valence-corrected chi connectivity index (χ4v) is 2.75. The van der Waals surface area contributed by atoms with E-state index in [4.69, 9.17) is 12.2 Å². The molecule has 1 nitrogen and oxygen atoms in total. The van der Waals surface area contributed by atoms with Crippen LogP contribution in [0.25, 0.3) is 0 Å². The summed E-state index contributed by atoms with van der Waals surface area (Å²) in [6, 6.07) is 17.1. The molecule has 0 spiro atoms. The van der Waals surface area contributed by atoms with Gasteiger partial charge in [0.15, 0.2) is 0 Å². The van der Waals surface area contributed by atoms with Crippen LogP contribution in [0.15, 0.2) is 48.5 Å². The molecule has 0 heterocycles. The Bertz CT molecular complexity index is 593. The normalized spacial score (nSPS) is 11.9. The minimum atomic E-state index is 0.156. The lowest BCUT2D eigenvalue weighted by molar-refractivity contribution is 0.649. The maximum Gasteiger partial charge on any atom is 0.131 e. The first-order valence-corrected chi connectivity index (χ1v) is 7.52. The van der Waals surface area contributed by atoms with E-state index in [1.165, 1.54) is 22.3 Å². The Balaban J connectivity index is 2.29. The molecule has 20 heavy (non-hydrogen) atoms. The quantitative estimate of drug-likeness (QED) is 0.641. The van der Waals surface area contributed by atoms with E-state index in [2.05, 4.69) is 74.3 Å². The van der Waals surface area contributed by atoms with Crippen molar-refractivity contribution in [3.8, 4) is 0 Å². The Kier molecular flexibility index (Phi) is 5.21. The Morgan fingerprint density at radius 2 is 1.85 bits per heavy atom. The van der Waals surface area contributed by atoms with Gasteiger partial charge in [-0.05, 0) is 37.0 Å². The van der Waals surface area contributed by atoms with Gasteiger partial charge in [-0.25, -0.2) is 0 Å². The van der Waals surface area contributed by atoms with E-state index < -0.39 is 0 Å². The molecule has 2 rings (SSSR count). The Hall–Kier alpha value is -1.32. The number of nitrogens with one attached hydrogen (secondary N) is 1. The molecular weight excluding hydrogens is 282 g/mol. The number of benzene rings is 2. The molecule has 104 valence electrons. The Labute approximate surface area is 131 Å². The third-order valence-corrected chi connectivity index (χ3v) is 3.63. The van der Waals surface area contributed by atoms with Crippen molar-refractivity contribution >= 4 is 29.2 Å². The molecule has 1 atom stereocenters. The zero-order valence-electron chi connectivity index (χ0n) is 11.8. The molecule has 1 N–H and O–H groups in total. The van der Waals surface area contributed by atoms with Crippen molar-refractivity contribution in [3.05, 3.63) is 70.8 Å². The fourth-order valence-electron chi connectivity index (χ4n) is 2.45. The van der Waals surface area contributed by atoms with Crippen molar-refractivity contribution in [2.24, 2.45) is 0 Å². The molecule has 0 amide bonds. The highest BCUT2D eigenvalue weighted by atomic mass is 32.1. The van der Waals surface area contributed by atoms with E-state index in [1.807, 2.05) is 6.07 Å². The van der Waals surface area contributed by atoms with E-state index >= 15 is 0 Å². The van der Waals surface area contributed by atoms with E-state index in [-0.39, 0.29) is 6.04 Å². The van der Waals surface area contributed by atoms with Gasteiger partial charge < -0.3 is 5.32 Å². The maximum absolute atomic E-state index is 5.11. The smallest absolute Gasteiger partial charge is 0.131 e. The summed E-state index contributed by atoms with van der Waals surface area (Å²) in [5.41, 5.74) is 5.12. The summed E-state index contributed by atoms with van der Waals surface area (Å²) in [6.45, 7) is 4.25. The Morgan fingerprint density at radius 1 is 1.15 bits per heavy atom. The van der Waals surface area contributed by atoms with Crippen LogP contribution in [0.3, 0.4) is 0 Å². The number of thiocarbonyl (C=S) groups is 1.